The molecule has 0 heterocycles. The highest BCUT2D eigenvalue weighted by Gasteiger charge is 2.12. The average molecular weight is 302 g/mol. The van der Waals surface area contributed by atoms with Gasteiger partial charge in [0, 0.05) is 18.0 Å². The standard InChI is InChI=1S/C14H17ClFNO3/c1-9(2-5-13(18)19)6-7-17-14(20)11-8-10(15)3-4-12(11)16/h3-4,8-9H,2,5-7H2,1H3,(H,17,20)(H,18,19). The van der Waals surface area contributed by atoms with Gasteiger partial charge in [-0.2, -0.15) is 0 Å². The molecule has 1 unspecified atom stereocenters. The Balaban J connectivity index is 2.40. The lowest BCUT2D eigenvalue weighted by molar-refractivity contribution is -0.137. The predicted molar refractivity (Wildman–Crippen MR) is 74.4 cm³/mol. The summed E-state index contributed by atoms with van der Waals surface area (Å²) in [5, 5.41) is 11.5. The summed E-state index contributed by atoms with van der Waals surface area (Å²) in [4.78, 5) is 22.2. The summed E-state index contributed by atoms with van der Waals surface area (Å²) < 4.78 is 13.4. The second-order valence-corrected chi connectivity index (χ2v) is 5.14. The van der Waals surface area contributed by atoms with E-state index in [1.54, 1.807) is 0 Å². The third-order valence-electron chi connectivity index (χ3n) is 2.95. The Morgan fingerprint density at radius 3 is 2.75 bits per heavy atom. The van der Waals surface area contributed by atoms with Crippen LogP contribution in [0.1, 0.15) is 36.5 Å². The first-order chi connectivity index (χ1) is 9.40. The number of rotatable bonds is 7. The molecule has 110 valence electrons. The lowest BCUT2D eigenvalue weighted by Gasteiger charge is -2.11. The molecule has 0 aliphatic carbocycles. The summed E-state index contributed by atoms with van der Waals surface area (Å²) in [6.45, 7) is 2.28. The fourth-order valence-electron chi connectivity index (χ4n) is 1.71. The first kappa shape index (κ1) is 16.4. The molecule has 0 bridgehead atoms. The number of nitrogens with one attached hydrogen (secondary N) is 1. The van der Waals surface area contributed by atoms with Gasteiger partial charge in [0.05, 0.1) is 5.56 Å². The number of carboxylic acids is 1. The van der Waals surface area contributed by atoms with E-state index in [-0.39, 0.29) is 17.9 Å². The van der Waals surface area contributed by atoms with Crippen molar-refractivity contribution >= 4 is 23.5 Å². The van der Waals surface area contributed by atoms with Crippen LogP contribution in [0, 0.1) is 11.7 Å². The zero-order valence-corrected chi connectivity index (χ0v) is 11.9. The number of halogens is 2. The first-order valence-corrected chi connectivity index (χ1v) is 6.73. The Kier molecular flexibility index (Phi) is 6.45. The Morgan fingerprint density at radius 1 is 1.40 bits per heavy atom. The van der Waals surface area contributed by atoms with Gasteiger partial charge in [-0.3, -0.25) is 9.59 Å². The van der Waals surface area contributed by atoms with Crippen LogP contribution in [0.25, 0.3) is 0 Å². The van der Waals surface area contributed by atoms with Crippen molar-refractivity contribution in [1.29, 1.82) is 0 Å². The summed E-state index contributed by atoms with van der Waals surface area (Å²) in [5.74, 6) is -1.79. The Hall–Kier alpha value is -1.62. The van der Waals surface area contributed by atoms with Crippen molar-refractivity contribution in [3.05, 3.63) is 34.6 Å². The molecule has 0 spiro atoms. The molecule has 0 saturated carbocycles. The van der Waals surface area contributed by atoms with Crippen LogP contribution in [-0.2, 0) is 4.79 Å². The van der Waals surface area contributed by atoms with E-state index in [1.807, 2.05) is 6.92 Å². The largest absolute Gasteiger partial charge is 0.481 e. The summed E-state index contributed by atoms with van der Waals surface area (Å²) >= 11 is 5.71. The normalized spacial score (nSPS) is 11.9. The molecule has 0 aliphatic rings. The van der Waals surface area contributed by atoms with Gasteiger partial charge in [-0.15, -0.1) is 0 Å². The topological polar surface area (TPSA) is 66.4 Å². The van der Waals surface area contributed by atoms with Gasteiger partial charge in [-0.05, 0) is 37.0 Å². The third kappa shape index (κ3) is 5.57. The molecule has 0 radical (unpaired) electrons. The van der Waals surface area contributed by atoms with E-state index in [9.17, 15) is 14.0 Å². The van der Waals surface area contributed by atoms with Crippen LogP contribution in [0.4, 0.5) is 4.39 Å². The molecule has 0 aromatic heterocycles. The fourth-order valence-corrected chi connectivity index (χ4v) is 1.89. The molecule has 0 aliphatic heterocycles. The van der Waals surface area contributed by atoms with Crippen LogP contribution in [0.5, 0.6) is 0 Å². The maximum atomic E-state index is 13.4. The van der Waals surface area contributed by atoms with Crippen LogP contribution in [0.2, 0.25) is 5.02 Å². The smallest absolute Gasteiger partial charge is 0.303 e. The number of carboxylic acid groups (broad SMARTS) is 1. The van der Waals surface area contributed by atoms with Crippen molar-refractivity contribution < 1.29 is 19.1 Å². The first-order valence-electron chi connectivity index (χ1n) is 6.35. The quantitative estimate of drug-likeness (QED) is 0.813. The van der Waals surface area contributed by atoms with E-state index in [4.69, 9.17) is 16.7 Å². The highest BCUT2D eigenvalue weighted by molar-refractivity contribution is 6.30. The molecule has 2 N–H and O–H groups in total. The Morgan fingerprint density at radius 2 is 2.10 bits per heavy atom. The van der Waals surface area contributed by atoms with Crippen molar-refractivity contribution in [3.63, 3.8) is 0 Å². The highest BCUT2D eigenvalue weighted by Crippen LogP contribution is 2.15. The van der Waals surface area contributed by atoms with E-state index in [0.29, 0.717) is 24.4 Å². The van der Waals surface area contributed by atoms with Crippen LogP contribution < -0.4 is 5.32 Å². The zero-order chi connectivity index (χ0) is 15.1. The molecule has 0 saturated heterocycles. The molecule has 1 atom stereocenters. The molecular formula is C14H17ClFNO3. The number of hydrogen-bond acceptors (Lipinski definition) is 2. The van der Waals surface area contributed by atoms with E-state index < -0.39 is 17.7 Å². The van der Waals surface area contributed by atoms with Crippen LogP contribution in [0.3, 0.4) is 0 Å². The van der Waals surface area contributed by atoms with Gasteiger partial charge in [0.2, 0.25) is 0 Å². The van der Waals surface area contributed by atoms with Crippen molar-refractivity contribution in [2.24, 2.45) is 5.92 Å². The minimum atomic E-state index is -0.832. The fraction of sp³-hybridized carbons (Fsp3) is 0.429. The lowest BCUT2D eigenvalue weighted by atomic mass is 10.0. The molecule has 4 nitrogen and oxygen atoms in total. The molecule has 1 amide bonds. The van der Waals surface area contributed by atoms with Gasteiger partial charge in [-0.1, -0.05) is 18.5 Å². The van der Waals surface area contributed by atoms with Crippen molar-refractivity contribution in [2.75, 3.05) is 6.54 Å². The molecule has 1 rings (SSSR count). The summed E-state index contributed by atoms with van der Waals surface area (Å²) in [6, 6.07) is 3.80. The van der Waals surface area contributed by atoms with Crippen LogP contribution in [-0.4, -0.2) is 23.5 Å². The van der Waals surface area contributed by atoms with Gasteiger partial charge < -0.3 is 10.4 Å². The van der Waals surface area contributed by atoms with E-state index in [2.05, 4.69) is 5.32 Å². The maximum Gasteiger partial charge on any atom is 0.303 e. The molecule has 6 heteroatoms. The monoisotopic (exact) mass is 301 g/mol. The number of aliphatic carboxylic acids is 1. The highest BCUT2D eigenvalue weighted by atomic mass is 35.5. The van der Waals surface area contributed by atoms with Crippen molar-refractivity contribution in [1.82, 2.24) is 5.32 Å². The second-order valence-electron chi connectivity index (χ2n) is 4.71. The van der Waals surface area contributed by atoms with Crippen LogP contribution in [0.15, 0.2) is 18.2 Å². The number of hydrogen-bond donors (Lipinski definition) is 2. The van der Waals surface area contributed by atoms with Crippen molar-refractivity contribution in [3.8, 4) is 0 Å². The van der Waals surface area contributed by atoms with E-state index in [1.165, 1.54) is 12.1 Å². The third-order valence-corrected chi connectivity index (χ3v) is 3.18. The average Bonchev–Trinajstić information content (AvgIpc) is 2.39. The molecule has 20 heavy (non-hydrogen) atoms. The lowest BCUT2D eigenvalue weighted by Crippen LogP contribution is -2.26. The number of amides is 1. The van der Waals surface area contributed by atoms with Gasteiger partial charge in [0.1, 0.15) is 5.82 Å². The number of carbonyl (C=O) groups excluding carboxylic acids is 1. The van der Waals surface area contributed by atoms with Gasteiger partial charge in [-0.25, -0.2) is 4.39 Å². The van der Waals surface area contributed by atoms with Gasteiger partial charge >= 0.3 is 5.97 Å². The van der Waals surface area contributed by atoms with Crippen LogP contribution >= 0.6 is 11.6 Å². The Labute approximate surface area is 121 Å². The van der Waals surface area contributed by atoms with Gasteiger partial charge in [0.15, 0.2) is 0 Å². The minimum absolute atomic E-state index is 0.0873. The van der Waals surface area contributed by atoms with E-state index in [0.717, 1.165) is 6.07 Å². The zero-order valence-electron chi connectivity index (χ0n) is 11.2. The summed E-state index contributed by atoms with van der Waals surface area (Å²) in [6.07, 6.45) is 1.30. The van der Waals surface area contributed by atoms with Crippen molar-refractivity contribution in [2.45, 2.75) is 26.2 Å². The molecule has 1 aromatic carbocycles. The minimum Gasteiger partial charge on any atom is -0.481 e. The SMILES string of the molecule is CC(CCNC(=O)c1cc(Cl)ccc1F)CCC(=O)O. The molecule has 1 aromatic rings. The second kappa shape index (κ2) is 7.85. The van der Waals surface area contributed by atoms with Gasteiger partial charge in [0.25, 0.3) is 5.91 Å². The molecular weight excluding hydrogens is 285 g/mol. The number of benzene rings is 1. The Bertz CT molecular complexity index is 493. The summed E-state index contributed by atoms with van der Waals surface area (Å²) in [5.41, 5.74) is -0.0873. The summed E-state index contributed by atoms with van der Waals surface area (Å²) in [7, 11) is 0. The van der Waals surface area contributed by atoms with E-state index >= 15 is 0 Å². The predicted octanol–water partition coefficient (Wildman–Crippen LogP) is 3.10. The maximum absolute atomic E-state index is 13.4. The molecule has 0 fully saturated rings. The number of carbonyl (C=O) groups is 2.